The van der Waals surface area contributed by atoms with Gasteiger partial charge in [0.25, 0.3) is 0 Å². The lowest BCUT2D eigenvalue weighted by Gasteiger charge is -2.27. The zero-order chi connectivity index (χ0) is 21.3. The lowest BCUT2D eigenvalue weighted by molar-refractivity contribution is -0.945. The Morgan fingerprint density at radius 2 is 2.03 bits per heavy atom. The first-order valence-corrected chi connectivity index (χ1v) is 9.74. The van der Waals surface area contributed by atoms with Crippen LogP contribution in [0.15, 0.2) is 45.6 Å². The van der Waals surface area contributed by atoms with Crippen LogP contribution in [0.2, 0.25) is 0 Å². The van der Waals surface area contributed by atoms with E-state index < -0.39 is 11.6 Å². The van der Waals surface area contributed by atoms with E-state index >= 15 is 0 Å². The molecule has 1 unspecified atom stereocenters. The van der Waals surface area contributed by atoms with Crippen LogP contribution in [0, 0.1) is 6.92 Å². The second-order valence-corrected chi connectivity index (χ2v) is 7.41. The molecule has 1 aliphatic heterocycles. The topological polar surface area (TPSA) is 79.4 Å². The number of carbonyl (C=O) groups is 1. The van der Waals surface area contributed by atoms with E-state index in [2.05, 4.69) is 6.07 Å². The van der Waals surface area contributed by atoms with Crippen molar-refractivity contribution in [3.05, 3.63) is 69.1 Å². The Balaban J connectivity index is 1.68. The Hall–Kier alpha value is -3.32. The minimum Gasteiger partial charge on any atom is -0.497 e. The van der Waals surface area contributed by atoms with Crippen LogP contribution in [0.3, 0.4) is 0 Å². The lowest BCUT2D eigenvalue weighted by atomic mass is 10.00. The number of methoxy groups -OCH3 is 2. The largest absolute Gasteiger partial charge is 0.497 e. The SMILES string of the molecule is COC(=O)Cc1c(C)c2ccc3c(c2oc1=O)C[NH+](Cc1cccc(OC)c1)CO3. The molecule has 0 aliphatic carbocycles. The molecule has 0 spiro atoms. The van der Waals surface area contributed by atoms with Crippen LogP contribution < -0.4 is 20.0 Å². The van der Waals surface area contributed by atoms with Gasteiger partial charge in [-0.2, -0.15) is 0 Å². The molecule has 2 aromatic carbocycles. The van der Waals surface area contributed by atoms with E-state index in [1.54, 1.807) is 7.11 Å². The normalized spacial score (nSPS) is 15.4. The number of esters is 1. The molecule has 3 aromatic rings. The molecule has 7 nitrogen and oxygen atoms in total. The van der Waals surface area contributed by atoms with Crippen molar-refractivity contribution in [2.75, 3.05) is 21.0 Å². The van der Waals surface area contributed by atoms with Crippen LogP contribution in [0.4, 0.5) is 0 Å². The number of fused-ring (bicyclic) bond motifs is 3. The van der Waals surface area contributed by atoms with Crippen molar-refractivity contribution in [1.29, 1.82) is 0 Å². The summed E-state index contributed by atoms with van der Waals surface area (Å²) in [6.07, 6.45) is -0.110. The molecule has 0 saturated heterocycles. The molecular formula is C23H24NO6+. The maximum Gasteiger partial charge on any atom is 0.340 e. The highest BCUT2D eigenvalue weighted by molar-refractivity contribution is 5.87. The molecule has 1 aliphatic rings. The second kappa shape index (κ2) is 8.20. The first kappa shape index (κ1) is 20.0. The number of rotatable bonds is 5. The van der Waals surface area contributed by atoms with Gasteiger partial charge in [0.15, 0.2) is 5.58 Å². The van der Waals surface area contributed by atoms with Crippen molar-refractivity contribution in [3.8, 4) is 11.5 Å². The average Bonchev–Trinajstić information content (AvgIpc) is 2.76. The van der Waals surface area contributed by atoms with Gasteiger partial charge in [0.05, 0.1) is 31.8 Å². The van der Waals surface area contributed by atoms with Crippen LogP contribution in [0.25, 0.3) is 11.0 Å². The van der Waals surface area contributed by atoms with Crippen LogP contribution in [-0.4, -0.2) is 26.9 Å². The Labute approximate surface area is 173 Å². The van der Waals surface area contributed by atoms with Gasteiger partial charge in [0.1, 0.15) is 24.6 Å². The maximum absolute atomic E-state index is 12.6. The molecule has 1 N–H and O–H groups in total. The molecule has 1 atom stereocenters. The third-order valence-corrected chi connectivity index (χ3v) is 5.51. The summed E-state index contributed by atoms with van der Waals surface area (Å²) >= 11 is 0. The minimum atomic E-state index is -0.515. The number of hydrogen-bond acceptors (Lipinski definition) is 6. The number of hydrogen-bond donors (Lipinski definition) is 1. The summed E-state index contributed by atoms with van der Waals surface area (Å²) < 4.78 is 21.6. The van der Waals surface area contributed by atoms with Crippen LogP contribution in [0.1, 0.15) is 22.3 Å². The van der Waals surface area contributed by atoms with Crippen molar-refractivity contribution >= 4 is 16.9 Å². The minimum absolute atomic E-state index is 0.110. The summed E-state index contributed by atoms with van der Waals surface area (Å²) in [4.78, 5) is 25.5. The van der Waals surface area contributed by atoms with Gasteiger partial charge in [-0.25, -0.2) is 4.79 Å². The molecule has 7 heteroatoms. The fourth-order valence-corrected chi connectivity index (χ4v) is 3.88. The monoisotopic (exact) mass is 410 g/mol. The fraction of sp³-hybridized carbons (Fsp3) is 0.304. The first-order chi connectivity index (χ1) is 14.5. The van der Waals surface area contributed by atoms with Crippen molar-refractivity contribution in [2.24, 2.45) is 0 Å². The Morgan fingerprint density at radius 3 is 2.80 bits per heavy atom. The van der Waals surface area contributed by atoms with Gasteiger partial charge in [-0.15, -0.1) is 0 Å². The van der Waals surface area contributed by atoms with Crippen molar-refractivity contribution < 1.29 is 28.3 Å². The number of ether oxygens (including phenoxy) is 3. The van der Waals surface area contributed by atoms with Gasteiger partial charge < -0.3 is 18.6 Å². The smallest absolute Gasteiger partial charge is 0.340 e. The summed E-state index contributed by atoms with van der Waals surface area (Å²) in [7, 11) is 2.95. The van der Waals surface area contributed by atoms with Gasteiger partial charge in [0.2, 0.25) is 6.73 Å². The molecule has 4 rings (SSSR count). The molecular weight excluding hydrogens is 386 g/mol. The first-order valence-electron chi connectivity index (χ1n) is 9.74. The van der Waals surface area contributed by atoms with Gasteiger partial charge >= 0.3 is 11.6 Å². The van der Waals surface area contributed by atoms with E-state index in [0.29, 0.717) is 24.4 Å². The van der Waals surface area contributed by atoms with Gasteiger partial charge in [-0.1, -0.05) is 12.1 Å². The molecule has 0 fully saturated rings. The van der Waals surface area contributed by atoms with E-state index in [-0.39, 0.29) is 6.42 Å². The highest BCUT2D eigenvalue weighted by Gasteiger charge is 2.26. The molecule has 2 heterocycles. The van der Waals surface area contributed by atoms with E-state index in [0.717, 1.165) is 40.1 Å². The highest BCUT2D eigenvalue weighted by Crippen LogP contribution is 2.31. The third kappa shape index (κ3) is 3.76. The van der Waals surface area contributed by atoms with Crippen LogP contribution >= 0.6 is 0 Å². The Bertz CT molecular complexity index is 1170. The summed E-state index contributed by atoms with van der Waals surface area (Å²) in [6.45, 7) is 3.74. The average molecular weight is 410 g/mol. The van der Waals surface area contributed by atoms with Gasteiger partial charge in [-0.05, 0) is 36.8 Å². The van der Waals surface area contributed by atoms with E-state index in [4.69, 9.17) is 18.6 Å². The summed E-state index contributed by atoms with van der Waals surface area (Å²) in [5, 5.41) is 0.804. The lowest BCUT2D eigenvalue weighted by Crippen LogP contribution is -3.10. The standard InChI is InChI=1S/C23H23NO6/c1-14-17-7-8-20-19(22(17)30-23(26)18(14)10-21(25)28-3)12-24(13-29-20)11-15-5-4-6-16(9-15)27-2/h4-9H,10-13H2,1-3H3/p+1. The molecule has 0 amide bonds. The number of nitrogens with one attached hydrogen (secondary N) is 1. The van der Waals surface area contributed by atoms with Crippen molar-refractivity contribution in [1.82, 2.24) is 0 Å². The third-order valence-electron chi connectivity index (χ3n) is 5.51. The van der Waals surface area contributed by atoms with Crippen LogP contribution in [0.5, 0.6) is 11.5 Å². The molecule has 30 heavy (non-hydrogen) atoms. The number of aryl methyl sites for hydroxylation is 1. The predicted molar refractivity (Wildman–Crippen MR) is 110 cm³/mol. The highest BCUT2D eigenvalue weighted by atomic mass is 16.5. The number of carbonyl (C=O) groups excluding carboxylic acids is 1. The molecule has 0 saturated carbocycles. The number of benzene rings is 2. The fourth-order valence-electron chi connectivity index (χ4n) is 3.88. The zero-order valence-corrected chi connectivity index (χ0v) is 17.2. The molecule has 1 aromatic heterocycles. The Morgan fingerprint density at radius 1 is 1.20 bits per heavy atom. The Kier molecular flexibility index (Phi) is 5.46. The zero-order valence-electron chi connectivity index (χ0n) is 17.2. The predicted octanol–water partition coefficient (Wildman–Crippen LogP) is 1.76. The van der Waals surface area contributed by atoms with Gasteiger partial charge in [-0.3, -0.25) is 9.69 Å². The number of quaternary nitrogens is 1. The summed E-state index contributed by atoms with van der Waals surface area (Å²) in [5.41, 5.74) is 3.06. The maximum atomic E-state index is 12.6. The van der Waals surface area contributed by atoms with Crippen molar-refractivity contribution in [2.45, 2.75) is 26.4 Å². The summed E-state index contributed by atoms with van der Waals surface area (Å²) in [5.74, 6) is 1.07. The molecule has 0 bridgehead atoms. The van der Waals surface area contributed by atoms with E-state index in [9.17, 15) is 9.59 Å². The summed E-state index contributed by atoms with van der Waals surface area (Å²) in [6, 6.07) is 11.7. The quantitative estimate of drug-likeness (QED) is 0.510. The van der Waals surface area contributed by atoms with Crippen molar-refractivity contribution in [3.63, 3.8) is 0 Å². The van der Waals surface area contributed by atoms with Gasteiger partial charge in [0, 0.05) is 10.9 Å². The molecule has 0 radical (unpaired) electrons. The molecule has 156 valence electrons. The van der Waals surface area contributed by atoms with Crippen LogP contribution in [-0.2, 0) is 29.0 Å². The second-order valence-electron chi connectivity index (χ2n) is 7.41. The van der Waals surface area contributed by atoms with E-state index in [1.807, 2.05) is 37.3 Å². The van der Waals surface area contributed by atoms with E-state index in [1.165, 1.54) is 12.0 Å².